The van der Waals surface area contributed by atoms with Crippen molar-refractivity contribution >= 4 is 21.9 Å². The summed E-state index contributed by atoms with van der Waals surface area (Å²) in [4.78, 5) is 10.5. The van der Waals surface area contributed by atoms with Crippen LogP contribution < -0.4 is 11.1 Å². The third-order valence-corrected chi connectivity index (χ3v) is 3.35. The lowest BCUT2D eigenvalue weighted by Crippen LogP contribution is -2.27. The van der Waals surface area contributed by atoms with Gasteiger partial charge in [0, 0.05) is 12.3 Å². The zero-order valence-electron chi connectivity index (χ0n) is 11.2. The molecule has 1 aliphatic heterocycles. The fourth-order valence-corrected chi connectivity index (χ4v) is 2.37. The minimum atomic E-state index is -0.537. The monoisotopic (exact) mass is 276 g/mol. The molecule has 1 aliphatic rings. The number of nitrogens with two attached hydrogens (primary N) is 1. The van der Waals surface area contributed by atoms with Crippen molar-refractivity contribution in [2.24, 2.45) is 5.73 Å². The highest BCUT2D eigenvalue weighted by Gasteiger charge is 1.97. The molecule has 4 nitrogen and oxygen atoms in total. The van der Waals surface area contributed by atoms with Gasteiger partial charge in [0.1, 0.15) is 0 Å². The Balaban J connectivity index is 0.000000250. The van der Waals surface area contributed by atoms with Crippen LogP contribution in [0.2, 0.25) is 6.04 Å². The number of benzene rings is 1. The summed E-state index contributed by atoms with van der Waals surface area (Å²) < 4.78 is 5.10. The van der Waals surface area contributed by atoms with Gasteiger partial charge >= 0.3 is 6.03 Å². The van der Waals surface area contributed by atoms with E-state index in [1.807, 2.05) is 36.4 Å². The van der Waals surface area contributed by atoms with Crippen molar-refractivity contribution in [3.05, 3.63) is 41.6 Å². The van der Waals surface area contributed by atoms with Crippen LogP contribution in [0.4, 0.5) is 4.79 Å². The number of urea groups is 1. The highest BCUT2D eigenvalue weighted by Crippen LogP contribution is 2.03. The van der Waals surface area contributed by atoms with Crippen molar-refractivity contribution in [1.82, 2.24) is 5.32 Å². The highest BCUT2D eigenvalue weighted by atomic mass is 28.2. The van der Waals surface area contributed by atoms with Crippen LogP contribution in [0.25, 0.3) is 6.08 Å². The summed E-state index contributed by atoms with van der Waals surface area (Å²) in [7, 11) is 0.802. The van der Waals surface area contributed by atoms with Crippen molar-refractivity contribution in [2.45, 2.75) is 25.8 Å². The van der Waals surface area contributed by atoms with Crippen molar-refractivity contribution in [3.8, 4) is 0 Å². The number of hydrogen-bond acceptors (Lipinski definition) is 2. The van der Waals surface area contributed by atoms with Gasteiger partial charge in [-0.3, -0.25) is 0 Å². The molecular formula is C14H20N2O2Si. The van der Waals surface area contributed by atoms with Gasteiger partial charge < -0.3 is 15.5 Å². The van der Waals surface area contributed by atoms with Crippen molar-refractivity contribution in [1.29, 1.82) is 0 Å². The number of nitrogens with one attached hydrogen (secondary N) is 1. The quantitative estimate of drug-likeness (QED) is 0.815. The van der Waals surface area contributed by atoms with Gasteiger partial charge in [-0.1, -0.05) is 36.8 Å². The number of amides is 2. The van der Waals surface area contributed by atoms with Crippen LogP contribution in [0.15, 0.2) is 36.0 Å². The first-order chi connectivity index (χ1) is 9.18. The molecule has 1 aromatic rings. The summed E-state index contributed by atoms with van der Waals surface area (Å²) in [5.41, 5.74) is 6.73. The average molecular weight is 276 g/mol. The number of rotatable bonds is 2. The van der Waals surface area contributed by atoms with Crippen LogP contribution in [-0.2, 0) is 4.43 Å². The fourth-order valence-electron chi connectivity index (χ4n) is 1.55. The Bertz CT molecular complexity index is 392. The topological polar surface area (TPSA) is 64.3 Å². The van der Waals surface area contributed by atoms with E-state index in [0.717, 1.165) is 27.6 Å². The summed E-state index contributed by atoms with van der Waals surface area (Å²) >= 11 is 0. The van der Waals surface area contributed by atoms with E-state index in [-0.39, 0.29) is 0 Å². The number of hydrogen-bond donors (Lipinski definition) is 2. The first kappa shape index (κ1) is 15.5. The Morgan fingerprint density at radius 1 is 1.37 bits per heavy atom. The lowest BCUT2D eigenvalue weighted by Gasteiger charge is -2.06. The Hall–Kier alpha value is -1.59. The van der Waals surface area contributed by atoms with E-state index in [0.29, 0.717) is 0 Å². The maximum absolute atomic E-state index is 10.5. The predicted molar refractivity (Wildman–Crippen MR) is 78.6 cm³/mol. The molecule has 2 rings (SSSR count). The van der Waals surface area contributed by atoms with E-state index in [1.165, 1.54) is 18.9 Å². The maximum Gasteiger partial charge on any atom is 0.316 e. The zero-order chi connectivity index (χ0) is 13.9. The van der Waals surface area contributed by atoms with Crippen LogP contribution in [0.5, 0.6) is 0 Å². The zero-order valence-corrected chi connectivity index (χ0v) is 12.2. The van der Waals surface area contributed by atoms with Crippen molar-refractivity contribution in [2.75, 3.05) is 6.61 Å². The van der Waals surface area contributed by atoms with Crippen molar-refractivity contribution < 1.29 is 9.22 Å². The first-order valence-electron chi connectivity index (χ1n) is 6.33. The van der Waals surface area contributed by atoms with Crippen LogP contribution in [-0.4, -0.2) is 22.4 Å². The molecule has 0 spiro atoms. The molecule has 0 atom stereocenters. The lowest BCUT2D eigenvalue weighted by molar-refractivity contribution is 0.251. The molecule has 3 N–H and O–H groups in total. The maximum atomic E-state index is 10.5. The van der Waals surface area contributed by atoms with Crippen LogP contribution in [0, 0.1) is 0 Å². The number of primary amides is 1. The number of carbonyl (C=O) groups is 1. The Kier molecular flexibility index (Phi) is 7.61. The number of carbonyl (C=O) groups excluding carboxylic acids is 1. The second-order valence-corrected chi connectivity index (χ2v) is 5.25. The van der Waals surface area contributed by atoms with Gasteiger partial charge in [0.2, 0.25) is 9.76 Å². The van der Waals surface area contributed by atoms with Gasteiger partial charge in [0.25, 0.3) is 0 Å². The molecule has 0 saturated carbocycles. The normalized spacial score (nSPS) is 15.1. The molecule has 1 aromatic carbocycles. The molecule has 5 heteroatoms. The van der Waals surface area contributed by atoms with Gasteiger partial charge in [0.05, 0.1) is 0 Å². The van der Waals surface area contributed by atoms with E-state index in [2.05, 4.69) is 5.32 Å². The second-order valence-electron chi connectivity index (χ2n) is 4.18. The van der Waals surface area contributed by atoms with Gasteiger partial charge in [-0.15, -0.1) is 0 Å². The van der Waals surface area contributed by atoms with E-state index in [1.54, 1.807) is 6.92 Å². The predicted octanol–water partition coefficient (Wildman–Crippen LogP) is 2.55. The van der Waals surface area contributed by atoms with E-state index in [4.69, 9.17) is 10.2 Å². The van der Waals surface area contributed by atoms with E-state index >= 15 is 0 Å². The van der Waals surface area contributed by atoms with Gasteiger partial charge in [-0.05, 0) is 31.0 Å². The summed E-state index contributed by atoms with van der Waals surface area (Å²) in [6.07, 6.45) is 4.52. The first-order valence-corrected chi connectivity index (χ1v) is 7.44. The highest BCUT2D eigenvalue weighted by molar-refractivity contribution is 6.27. The van der Waals surface area contributed by atoms with Crippen LogP contribution in [0.3, 0.4) is 0 Å². The van der Waals surface area contributed by atoms with Crippen LogP contribution >= 0.6 is 0 Å². The fraction of sp³-hybridized carbons (Fsp3) is 0.357. The molecular weight excluding hydrogens is 256 g/mol. The van der Waals surface area contributed by atoms with Crippen LogP contribution in [0.1, 0.15) is 25.3 Å². The van der Waals surface area contributed by atoms with E-state index in [9.17, 15) is 4.79 Å². The van der Waals surface area contributed by atoms with Crippen molar-refractivity contribution in [3.63, 3.8) is 0 Å². The average Bonchev–Trinajstić information content (AvgIpc) is 2.41. The summed E-state index contributed by atoms with van der Waals surface area (Å²) in [5, 5.41) is 2.49. The molecule has 0 aliphatic carbocycles. The van der Waals surface area contributed by atoms with Gasteiger partial charge in [-0.25, -0.2) is 4.79 Å². The molecule has 0 unspecified atom stereocenters. The Labute approximate surface area is 117 Å². The third-order valence-electron chi connectivity index (χ3n) is 2.38. The molecule has 0 bridgehead atoms. The Morgan fingerprint density at radius 2 is 2.11 bits per heavy atom. The standard InChI is InChI=1S/C10H12N2O.C4H8OSi/c1-8(12-10(11)13)7-9-5-3-2-4-6-9;1-2-4-6-5-3-1/h2-7H,1H3,(H3,11,12,13);1-4H2/b8-7+;. The largest absolute Gasteiger partial charge is 0.417 e. The summed E-state index contributed by atoms with van der Waals surface area (Å²) in [6.45, 7) is 2.80. The van der Waals surface area contributed by atoms with E-state index < -0.39 is 6.03 Å². The second kappa shape index (κ2) is 9.35. The minimum Gasteiger partial charge on any atom is -0.417 e. The molecule has 2 amide bonds. The molecule has 1 saturated heterocycles. The van der Waals surface area contributed by atoms with Gasteiger partial charge in [-0.2, -0.15) is 0 Å². The summed E-state index contributed by atoms with van der Waals surface area (Å²) in [5.74, 6) is 0. The minimum absolute atomic E-state index is 0.537. The molecule has 2 radical (unpaired) electrons. The van der Waals surface area contributed by atoms with Gasteiger partial charge in [0.15, 0.2) is 0 Å². The lowest BCUT2D eigenvalue weighted by atomic mass is 10.2. The molecule has 0 aromatic heterocycles. The number of allylic oxidation sites excluding steroid dienone is 1. The molecule has 1 fully saturated rings. The molecule has 102 valence electrons. The molecule has 19 heavy (non-hydrogen) atoms. The summed E-state index contributed by atoms with van der Waals surface area (Å²) in [6, 6.07) is 10.5. The SMILES string of the molecule is C/C(=C\c1ccccc1)NC(N)=O.C1CC[Si]OC1. The molecule has 1 heterocycles. The third kappa shape index (κ3) is 8.18. The smallest absolute Gasteiger partial charge is 0.316 e. The Morgan fingerprint density at radius 3 is 2.53 bits per heavy atom.